The van der Waals surface area contributed by atoms with Gasteiger partial charge in [0.05, 0.1) is 11.2 Å². The van der Waals surface area contributed by atoms with Crippen LogP contribution in [0.5, 0.6) is 0 Å². The van der Waals surface area contributed by atoms with Gasteiger partial charge in [-0.2, -0.15) is 5.26 Å². The van der Waals surface area contributed by atoms with E-state index < -0.39 is 0 Å². The minimum atomic E-state index is 0.658. The van der Waals surface area contributed by atoms with E-state index in [2.05, 4.69) is 11.1 Å². The molecule has 64 valence electrons. The van der Waals surface area contributed by atoms with Crippen molar-refractivity contribution in [3.8, 4) is 17.3 Å². The Morgan fingerprint density at radius 3 is 3.08 bits per heavy atom. The molecule has 2 rings (SSSR count). The average molecular weight is 189 g/mol. The van der Waals surface area contributed by atoms with Gasteiger partial charge in [-0.05, 0) is 6.07 Å². The summed E-state index contributed by atoms with van der Waals surface area (Å²) in [7, 11) is 1.86. The molecule has 0 atom stereocenters. The molecule has 0 N–H and O–H groups in total. The van der Waals surface area contributed by atoms with Crippen LogP contribution >= 0.6 is 11.3 Å². The highest BCUT2D eigenvalue weighted by Gasteiger charge is 2.09. The van der Waals surface area contributed by atoms with E-state index in [-0.39, 0.29) is 0 Å². The van der Waals surface area contributed by atoms with E-state index >= 15 is 0 Å². The summed E-state index contributed by atoms with van der Waals surface area (Å²) in [5.41, 5.74) is 4.21. The van der Waals surface area contributed by atoms with Crippen LogP contribution in [0.25, 0.3) is 11.3 Å². The summed E-state index contributed by atoms with van der Waals surface area (Å²) >= 11 is 1.53. The Balaban J connectivity index is 2.60. The highest BCUT2D eigenvalue weighted by atomic mass is 32.1. The summed E-state index contributed by atoms with van der Waals surface area (Å²) < 4.78 is 1.80. The van der Waals surface area contributed by atoms with Gasteiger partial charge >= 0.3 is 0 Å². The molecule has 2 aromatic rings. The van der Waals surface area contributed by atoms with Crippen LogP contribution < -0.4 is 0 Å². The molecule has 0 aromatic carbocycles. The molecule has 0 spiro atoms. The van der Waals surface area contributed by atoms with Gasteiger partial charge in [-0.3, -0.25) is 0 Å². The maximum absolute atomic E-state index is 8.89. The molecule has 0 saturated carbocycles. The standard InChI is InChI=1S/C9H7N3S/c1-12-3-2-7(9(12)4-10)8-5-13-6-11-8/h2-3,5-6H,1H3. The van der Waals surface area contributed by atoms with Crippen LogP contribution in [0, 0.1) is 11.3 Å². The van der Waals surface area contributed by atoms with Gasteiger partial charge in [-0.1, -0.05) is 0 Å². The Hall–Kier alpha value is -1.60. The molecular weight excluding hydrogens is 182 g/mol. The molecule has 2 heterocycles. The van der Waals surface area contributed by atoms with Crippen LogP contribution in [-0.2, 0) is 7.05 Å². The SMILES string of the molecule is Cn1ccc(-c2cscn2)c1C#N. The number of thiazole rings is 1. The maximum atomic E-state index is 8.89. The molecule has 0 saturated heterocycles. The first-order valence-electron chi connectivity index (χ1n) is 3.77. The molecule has 0 radical (unpaired) electrons. The van der Waals surface area contributed by atoms with Gasteiger partial charge < -0.3 is 4.57 Å². The topological polar surface area (TPSA) is 41.6 Å². The van der Waals surface area contributed by atoms with Crippen molar-refractivity contribution in [2.24, 2.45) is 7.05 Å². The second-order valence-electron chi connectivity index (χ2n) is 2.67. The van der Waals surface area contributed by atoms with E-state index in [0.717, 1.165) is 11.3 Å². The summed E-state index contributed by atoms with van der Waals surface area (Å²) in [5.74, 6) is 0. The van der Waals surface area contributed by atoms with Crippen molar-refractivity contribution >= 4 is 11.3 Å². The largest absolute Gasteiger partial charge is 0.342 e. The number of rotatable bonds is 1. The van der Waals surface area contributed by atoms with E-state index in [1.54, 1.807) is 10.1 Å². The minimum absolute atomic E-state index is 0.658. The van der Waals surface area contributed by atoms with Crippen LogP contribution in [-0.4, -0.2) is 9.55 Å². The Labute approximate surface area is 79.9 Å². The van der Waals surface area contributed by atoms with Crippen LogP contribution in [0.15, 0.2) is 23.2 Å². The smallest absolute Gasteiger partial charge is 0.129 e. The third-order valence-electron chi connectivity index (χ3n) is 1.89. The van der Waals surface area contributed by atoms with Gasteiger partial charge in [0.1, 0.15) is 11.8 Å². The third-order valence-corrected chi connectivity index (χ3v) is 2.47. The van der Waals surface area contributed by atoms with Gasteiger partial charge in [-0.15, -0.1) is 11.3 Å². The van der Waals surface area contributed by atoms with Crippen molar-refractivity contribution in [1.82, 2.24) is 9.55 Å². The van der Waals surface area contributed by atoms with Crippen molar-refractivity contribution in [2.75, 3.05) is 0 Å². The Kier molecular flexibility index (Phi) is 1.87. The van der Waals surface area contributed by atoms with Crippen molar-refractivity contribution in [2.45, 2.75) is 0 Å². The Morgan fingerprint density at radius 2 is 2.46 bits per heavy atom. The molecule has 2 aromatic heterocycles. The van der Waals surface area contributed by atoms with E-state index in [1.165, 1.54) is 11.3 Å². The highest BCUT2D eigenvalue weighted by molar-refractivity contribution is 7.07. The summed E-state index contributed by atoms with van der Waals surface area (Å²) in [6, 6.07) is 4.07. The molecule has 0 aliphatic carbocycles. The Bertz CT molecular complexity index is 448. The van der Waals surface area contributed by atoms with Gasteiger partial charge in [0.2, 0.25) is 0 Å². The van der Waals surface area contributed by atoms with Crippen molar-refractivity contribution in [1.29, 1.82) is 5.26 Å². The van der Waals surface area contributed by atoms with Crippen LogP contribution in [0.3, 0.4) is 0 Å². The first-order valence-corrected chi connectivity index (χ1v) is 4.71. The summed E-state index contributed by atoms with van der Waals surface area (Å²) in [5, 5.41) is 10.8. The third kappa shape index (κ3) is 1.23. The number of nitrogens with zero attached hydrogens (tertiary/aromatic N) is 3. The van der Waals surface area contributed by atoms with E-state index in [0.29, 0.717) is 5.69 Å². The fourth-order valence-electron chi connectivity index (χ4n) is 1.22. The molecule has 0 aliphatic heterocycles. The second-order valence-corrected chi connectivity index (χ2v) is 3.39. The number of hydrogen-bond acceptors (Lipinski definition) is 3. The van der Waals surface area contributed by atoms with E-state index in [4.69, 9.17) is 5.26 Å². The molecular formula is C9H7N3S. The number of hydrogen-bond donors (Lipinski definition) is 0. The normalized spacial score (nSPS) is 9.85. The quantitative estimate of drug-likeness (QED) is 0.688. The summed E-state index contributed by atoms with van der Waals surface area (Å²) in [6.07, 6.45) is 1.87. The monoisotopic (exact) mass is 189 g/mol. The van der Waals surface area contributed by atoms with Crippen LogP contribution in [0.1, 0.15) is 5.69 Å². The fraction of sp³-hybridized carbons (Fsp3) is 0.111. The highest BCUT2D eigenvalue weighted by Crippen LogP contribution is 2.23. The zero-order valence-corrected chi connectivity index (χ0v) is 7.88. The van der Waals surface area contributed by atoms with E-state index in [1.807, 2.05) is 24.7 Å². The number of aryl methyl sites for hydroxylation is 1. The van der Waals surface area contributed by atoms with Crippen LogP contribution in [0.4, 0.5) is 0 Å². The zero-order chi connectivity index (χ0) is 9.26. The van der Waals surface area contributed by atoms with Gasteiger partial charge in [0.15, 0.2) is 0 Å². The minimum Gasteiger partial charge on any atom is -0.342 e. The predicted molar refractivity (Wildman–Crippen MR) is 51.2 cm³/mol. The first kappa shape index (κ1) is 8.02. The lowest BCUT2D eigenvalue weighted by molar-refractivity contribution is 0.909. The molecule has 0 amide bonds. The van der Waals surface area contributed by atoms with Gasteiger partial charge in [0.25, 0.3) is 0 Å². The van der Waals surface area contributed by atoms with Crippen molar-refractivity contribution in [3.63, 3.8) is 0 Å². The zero-order valence-electron chi connectivity index (χ0n) is 7.06. The first-order chi connectivity index (χ1) is 6.33. The summed E-state index contributed by atoms with van der Waals surface area (Å²) in [6.45, 7) is 0. The van der Waals surface area contributed by atoms with Crippen LogP contribution in [0.2, 0.25) is 0 Å². The molecule has 0 unspecified atom stereocenters. The lowest BCUT2D eigenvalue weighted by Gasteiger charge is -1.94. The number of aromatic nitrogens is 2. The second kappa shape index (κ2) is 3.04. The molecule has 13 heavy (non-hydrogen) atoms. The molecule has 0 bridgehead atoms. The summed E-state index contributed by atoms with van der Waals surface area (Å²) in [4.78, 5) is 4.16. The Morgan fingerprint density at radius 1 is 1.62 bits per heavy atom. The lowest BCUT2D eigenvalue weighted by atomic mass is 10.2. The van der Waals surface area contributed by atoms with Crippen molar-refractivity contribution in [3.05, 3.63) is 28.8 Å². The maximum Gasteiger partial charge on any atom is 0.129 e. The average Bonchev–Trinajstić information content (AvgIpc) is 2.71. The lowest BCUT2D eigenvalue weighted by Crippen LogP contribution is -1.90. The van der Waals surface area contributed by atoms with Crippen molar-refractivity contribution < 1.29 is 0 Å². The van der Waals surface area contributed by atoms with Gasteiger partial charge in [0, 0.05) is 24.2 Å². The number of nitriles is 1. The van der Waals surface area contributed by atoms with Gasteiger partial charge in [-0.25, -0.2) is 4.98 Å². The molecule has 0 fully saturated rings. The molecule has 0 aliphatic rings. The predicted octanol–water partition coefficient (Wildman–Crippen LogP) is 2.02. The fourth-order valence-corrected chi connectivity index (χ4v) is 1.77. The molecule has 3 nitrogen and oxygen atoms in total. The van der Waals surface area contributed by atoms with E-state index in [9.17, 15) is 0 Å². The molecule has 4 heteroatoms.